The smallest absolute Gasteiger partial charge is 0.520 e. The largest absolute Gasteiger partial charge is 1.00 e. The van der Waals surface area contributed by atoms with Crippen LogP contribution in [-0.2, 0) is 0 Å². The molecule has 0 heterocycles. The molecule has 0 aliphatic rings. The third kappa shape index (κ3) is 5.71. The van der Waals surface area contributed by atoms with E-state index < -0.39 is 18.4 Å². The molecule has 0 saturated carbocycles. The van der Waals surface area contributed by atoms with Gasteiger partial charge >= 0.3 is 58.4 Å². The summed E-state index contributed by atoms with van der Waals surface area (Å²) in [7, 11) is 0. The van der Waals surface area contributed by atoms with E-state index in [-0.39, 0.29) is 67.3 Å². The summed E-state index contributed by atoms with van der Waals surface area (Å²) in [5, 5.41) is 10.5. The van der Waals surface area contributed by atoms with E-state index in [0.29, 0.717) is 0 Å². The maximum Gasteiger partial charge on any atom is 1.00 e. The number of hydrogen-bond acceptors (Lipinski definition) is 3. The molecule has 0 N–H and O–H groups in total. The third-order valence-corrected chi connectivity index (χ3v) is 2.36. The zero-order valence-electron chi connectivity index (χ0n) is 8.70. The summed E-state index contributed by atoms with van der Waals surface area (Å²) in [5.41, 5.74) is -0.341. The van der Waals surface area contributed by atoms with Gasteiger partial charge in [0.15, 0.2) is 0 Å². The van der Waals surface area contributed by atoms with Crippen LogP contribution in [0.5, 0.6) is 5.75 Å². The molecular formula is C7H5BBrF3KNO3. The molecule has 0 fully saturated rings. The van der Waals surface area contributed by atoms with Gasteiger partial charge in [-0.2, -0.15) is 0 Å². The van der Waals surface area contributed by atoms with Crippen molar-refractivity contribution in [3.63, 3.8) is 0 Å². The minimum Gasteiger partial charge on any atom is -0.520 e. The number of nitrogens with zero attached hydrogens (tertiary/aromatic N) is 1. The van der Waals surface area contributed by atoms with E-state index >= 15 is 0 Å². The summed E-state index contributed by atoms with van der Waals surface area (Å²) in [5.74, 6) is -0.201. The number of nitro benzene ring substituents is 1. The van der Waals surface area contributed by atoms with Gasteiger partial charge in [-0.15, -0.1) is 0 Å². The number of halogens is 4. The molecule has 0 unspecified atom stereocenters. The summed E-state index contributed by atoms with van der Waals surface area (Å²) in [6.07, 6.45) is 0. The van der Waals surface area contributed by atoms with Crippen LogP contribution in [-0.4, -0.2) is 18.4 Å². The first-order chi connectivity index (χ1) is 7.31. The number of hydrogen-bond donors (Lipinski definition) is 0. The number of benzene rings is 1. The predicted octanol–water partition coefficient (Wildman–Crippen LogP) is 0.127. The summed E-state index contributed by atoms with van der Waals surface area (Å²) in [6.45, 7) is -6.52. The first-order valence-corrected chi connectivity index (χ1v) is 4.87. The van der Waals surface area contributed by atoms with E-state index in [4.69, 9.17) is 0 Å². The van der Waals surface area contributed by atoms with Gasteiger partial charge in [-0.1, -0.05) is 6.07 Å². The molecule has 1 rings (SSSR count). The van der Waals surface area contributed by atoms with E-state index in [1.807, 2.05) is 0 Å². The van der Waals surface area contributed by atoms with Crippen molar-refractivity contribution < 1.29 is 74.0 Å². The van der Waals surface area contributed by atoms with E-state index in [0.717, 1.165) is 6.07 Å². The van der Waals surface area contributed by atoms with Gasteiger partial charge in [-0.25, -0.2) is 0 Å². The van der Waals surface area contributed by atoms with Crippen molar-refractivity contribution in [1.82, 2.24) is 0 Å². The first kappa shape index (κ1) is 17.4. The van der Waals surface area contributed by atoms with Gasteiger partial charge < -0.3 is 17.7 Å². The Hall–Kier alpha value is 0.391. The molecule has 10 heteroatoms. The van der Waals surface area contributed by atoms with Gasteiger partial charge in [0.2, 0.25) is 0 Å². The molecular weight excluding hydrogens is 333 g/mol. The van der Waals surface area contributed by atoms with Gasteiger partial charge in [-0.05, 0) is 22.0 Å². The molecule has 0 aliphatic carbocycles. The molecule has 0 amide bonds. The first-order valence-electron chi connectivity index (χ1n) is 4.08. The van der Waals surface area contributed by atoms with Crippen LogP contribution < -0.4 is 56.1 Å². The molecule has 0 radical (unpaired) electrons. The molecule has 0 bridgehead atoms. The monoisotopic (exact) mass is 337 g/mol. The van der Waals surface area contributed by atoms with Crippen LogP contribution in [0.3, 0.4) is 0 Å². The Labute approximate surface area is 146 Å². The van der Waals surface area contributed by atoms with Crippen molar-refractivity contribution in [2.24, 2.45) is 0 Å². The maximum absolute atomic E-state index is 11.9. The number of ether oxygens (including phenoxy) is 1. The molecule has 0 aliphatic heterocycles. The topological polar surface area (TPSA) is 52.4 Å². The third-order valence-electron chi connectivity index (χ3n) is 1.57. The Kier molecular flexibility index (Phi) is 7.26. The zero-order valence-corrected chi connectivity index (χ0v) is 13.4. The molecule has 0 atom stereocenters. The second-order valence-corrected chi connectivity index (χ2v) is 3.66. The summed E-state index contributed by atoms with van der Waals surface area (Å²) < 4.78 is 40.1. The molecule has 0 saturated heterocycles. The van der Waals surface area contributed by atoms with Crippen molar-refractivity contribution in [2.45, 2.75) is 0 Å². The van der Waals surface area contributed by atoms with Crippen LogP contribution in [0.25, 0.3) is 0 Å². The van der Waals surface area contributed by atoms with Gasteiger partial charge in [0, 0.05) is 6.07 Å². The Morgan fingerprint density at radius 3 is 2.47 bits per heavy atom. The quantitative estimate of drug-likeness (QED) is 0.446. The molecule has 4 nitrogen and oxygen atoms in total. The Morgan fingerprint density at radius 2 is 2.00 bits per heavy atom. The second-order valence-electron chi connectivity index (χ2n) is 2.87. The van der Waals surface area contributed by atoms with Crippen molar-refractivity contribution in [1.29, 1.82) is 0 Å². The summed E-state index contributed by atoms with van der Waals surface area (Å²) in [6, 6.07) is 3.64. The van der Waals surface area contributed by atoms with Crippen molar-refractivity contribution in [3.05, 3.63) is 32.8 Å². The average molecular weight is 338 g/mol. The standard InChI is InChI=1S/C7H5BBrF3NO3.K/c9-7-5(13(14)15)2-1-3-6(7)16-4-8(10,11)12;/h1-3H,4H2;/q-1;+1. The van der Waals surface area contributed by atoms with Crippen LogP contribution in [0, 0.1) is 10.1 Å². The van der Waals surface area contributed by atoms with Crippen molar-refractivity contribution in [2.75, 3.05) is 6.51 Å². The Balaban J connectivity index is 0.00000256. The normalized spacial score (nSPS) is 10.6. The second kappa shape index (κ2) is 7.10. The average Bonchev–Trinajstić information content (AvgIpc) is 2.14. The fraction of sp³-hybridized carbons (Fsp3) is 0.143. The summed E-state index contributed by atoms with van der Waals surface area (Å²) in [4.78, 5) is 9.76. The van der Waals surface area contributed by atoms with Crippen LogP contribution in [0.1, 0.15) is 0 Å². The molecule has 88 valence electrons. The minimum absolute atomic E-state index is 0. The van der Waals surface area contributed by atoms with E-state index in [1.54, 1.807) is 0 Å². The minimum atomic E-state index is -5.08. The SMILES string of the molecule is O=[N+]([O-])c1cccc(OC[B-](F)(F)F)c1Br.[K+]. The van der Waals surface area contributed by atoms with Crippen molar-refractivity contribution in [3.8, 4) is 5.75 Å². The fourth-order valence-electron chi connectivity index (χ4n) is 0.936. The van der Waals surface area contributed by atoms with Crippen LogP contribution in [0.4, 0.5) is 18.6 Å². The van der Waals surface area contributed by atoms with E-state index in [9.17, 15) is 23.1 Å². The van der Waals surface area contributed by atoms with Gasteiger partial charge in [0.1, 0.15) is 10.2 Å². The zero-order chi connectivity index (χ0) is 12.3. The van der Waals surface area contributed by atoms with Gasteiger partial charge in [0.05, 0.1) is 11.4 Å². The Morgan fingerprint density at radius 1 is 1.41 bits per heavy atom. The molecule has 1 aromatic carbocycles. The summed E-state index contributed by atoms with van der Waals surface area (Å²) >= 11 is 2.82. The molecule has 1 aromatic rings. The molecule has 0 spiro atoms. The predicted molar refractivity (Wildman–Crippen MR) is 55.4 cm³/mol. The maximum atomic E-state index is 11.9. The van der Waals surface area contributed by atoms with Gasteiger partial charge in [0.25, 0.3) is 5.69 Å². The number of nitro groups is 1. The van der Waals surface area contributed by atoms with E-state index in [1.165, 1.54) is 12.1 Å². The van der Waals surface area contributed by atoms with Crippen LogP contribution in [0.2, 0.25) is 0 Å². The Bertz CT molecular complexity index is 418. The van der Waals surface area contributed by atoms with Crippen LogP contribution >= 0.6 is 15.9 Å². The van der Waals surface area contributed by atoms with Gasteiger partial charge in [-0.3, -0.25) is 10.1 Å². The molecule has 0 aromatic heterocycles. The molecule has 17 heavy (non-hydrogen) atoms. The van der Waals surface area contributed by atoms with E-state index in [2.05, 4.69) is 20.7 Å². The fourth-order valence-corrected chi connectivity index (χ4v) is 1.46. The van der Waals surface area contributed by atoms with Crippen molar-refractivity contribution >= 4 is 28.6 Å². The van der Waals surface area contributed by atoms with Crippen LogP contribution in [0.15, 0.2) is 22.7 Å². The number of rotatable bonds is 4.